The Kier molecular flexibility index (Phi) is 9.88. The highest BCUT2D eigenvalue weighted by Gasteiger charge is 2.26. The normalized spacial score (nSPS) is 11.9. The number of carboxylic acid groups (broad SMARTS) is 1. The predicted molar refractivity (Wildman–Crippen MR) is 149 cm³/mol. The number of ether oxygens (including phenoxy) is 1. The Hall–Kier alpha value is -3.43. The summed E-state index contributed by atoms with van der Waals surface area (Å²) in [6.45, 7) is 6.53. The number of nitrogens with zero attached hydrogens (tertiary/aromatic N) is 2. The van der Waals surface area contributed by atoms with Gasteiger partial charge in [0.05, 0.1) is 24.2 Å². The lowest BCUT2D eigenvalue weighted by Gasteiger charge is -2.26. The number of hydrogen-bond acceptors (Lipinski definition) is 6. The van der Waals surface area contributed by atoms with Crippen LogP contribution in [0.3, 0.4) is 0 Å². The Bertz CT molecular complexity index is 1310. The fourth-order valence-corrected chi connectivity index (χ4v) is 5.56. The van der Waals surface area contributed by atoms with Gasteiger partial charge in [-0.1, -0.05) is 63.9 Å². The minimum absolute atomic E-state index is 0.0146. The number of rotatable bonds is 14. The lowest BCUT2D eigenvalue weighted by molar-refractivity contribution is -0.134. The Balaban J connectivity index is 1.91. The first-order valence-corrected chi connectivity index (χ1v) is 14.1. The zero-order chi connectivity index (χ0) is 27.8. The molecule has 38 heavy (non-hydrogen) atoms. The molecule has 0 aliphatic rings. The molecule has 0 fully saturated rings. The van der Waals surface area contributed by atoms with Crippen molar-refractivity contribution in [3.05, 3.63) is 83.6 Å². The van der Waals surface area contributed by atoms with Gasteiger partial charge in [0.1, 0.15) is 18.1 Å². The van der Waals surface area contributed by atoms with Crippen molar-refractivity contribution in [1.29, 1.82) is 0 Å². The van der Waals surface area contributed by atoms with Gasteiger partial charge in [0.15, 0.2) is 0 Å². The molecule has 0 aliphatic heterocycles. The molecule has 2 aromatic carbocycles. The molecule has 0 atom stereocenters. The number of carbonyl (C=O) groups is 1. The Morgan fingerprint density at radius 2 is 1.71 bits per heavy atom. The van der Waals surface area contributed by atoms with Crippen LogP contribution in [0.4, 0.5) is 5.82 Å². The van der Waals surface area contributed by atoms with Crippen LogP contribution in [0.2, 0.25) is 0 Å². The molecule has 0 amide bonds. The van der Waals surface area contributed by atoms with E-state index in [1.807, 2.05) is 12.1 Å². The number of aromatic nitrogens is 1. The lowest BCUT2D eigenvalue weighted by Crippen LogP contribution is -2.31. The molecule has 204 valence electrons. The third kappa shape index (κ3) is 7.79. The minimum atomic E-state index is -3.89. The maximum absolute atomic E-state index is 13.7. The van der Waals surface area contributed by atoms with E-state index in [1.54, 1.807) is 30.3 Å². The summed E-state index contributed by atoms with van der Waals surface area (Å²) in [6.07, 6.45) is 3.37. The number of methoxy groups -OCH3 is 1. The van der Waals surface area contributed by atoms with E-state index in [1.165, 1.54) is 29.1 Å². The first-order chi connectivity index (χ1) is 18.0. The first-order valence-electron chi connectivity index (χ1n) is 12.7. The number of nitrogens with one attached hydrogen (secondary N) is 1. The van der Waals surface area contributed by atoms with Crippen molar-refractivity contribution in [2.75, 3.05) is 19.0 Å². The van der Waals surface area contributed by atoms with Crippen LogP contribution in [0.15, 0.2) is 71.6 Å². The largest absolute Gasteiger partial charge is 0.497 e. The molecular weight excluding hydrogens is 502 g/mol. The second kappa shape index (κ2) is 12.9. The maximum atomic E-state index is 13.7. The predicted octanol–water partition coefficient (Wildman–Crippen LogP) is 5.45. The molecule has 0 aliphatic carbocycles. The van der Waals surface area contributed by atoms with Gasteiger partial charge >= 0.3 is 5.97 Å². The van der Waals surface area contributed by atoms with Crippen molar-refractivity contribution in [3.63, 3.8) is 0 Å². The SMILES string of the molecule is CCCCC(C)(C)c1ccc(CN(Cc2cccc(NCC(=O)O)n2)S(=O)(=O)c2ccc(OC)cc2)cc1. The number of sulfonamides is 1. The fraction of sp³-hybridized carbons (Fsp3) is 0.379. The molecule has 3 aromatic rings. The fourth-order valence-electron chi connectivity index (χ4n) is 4.16. The number of pyridine rings is 1. The van der Waals surface area contributed by atoms with Gasteiger partial charge in [-0.05, 0) is 59.4 Å². The molecule has 0 radical (unpaired) electrons. The van der Waals surface area contributed by atoms with E-state index in [4.69, 9.17) is 9.84 Å². The van der Waals surface area contributed by atoms with Crippen LogP contribution in [0.5, 0.6) is 5.75 Å². The molecule has 2 N–H and O–H groups in total. The number of aliphatic carboxylic acids is 1. The van der Waals surface area contributed by atoms with Crippen LogP contribution in [-0.4, -0.2) is 42.4 Å². The van der Waals surface area contributed by atoms with Crippen molar-refractivity contribution in [3.8, 4) is 5.75 Å². The van der Waals surface area contributed by atoms with Gasteiger partial charge < -0.3 is 15.2 Å². The molecule has 0 spiro atoms. The summed E-state index contributed by atoms with van der Waals surface area (Å²) in [5, 5.41) is 11.7. The minimum Gasteiger partial charge on any atom is -0.497 e. The van der Waals surface area contributed by atoms with Gasteiger partial charge in [0.25, 0.3) is 0 Å². The number of benzene rings is 2. The van der Waals surface area contributed by atoms with E-state index in [0.717, 1.165) is 24.8 Å². The third-order valence-corrected chi connectivity index (χ3v) is 8.32. The Labute approximate surface area is 225 Å². The molecule has 1 aromatic heterocycles. The topological polar surface area (TPSA) is 109 Å². The van der Waals surface area contributed by atoms with E-state index in [-0.39, 0.29) is 29.9 Å². The maximum Gasteiger partial charge on any atom is 0.322 e. The second-order valence-corrected chi connectivity index (χ2v) is 11.8. The molecule has 1 heterocycles. The zero-order valence-electron chi connectivity index (χ0n) is 22.5. The van der Waals surface area contributed by atoms with E-state index >= 15 is 0 Å². The van der Waals surface area contributed by atoms with Crippen LogP contribution < -0.4 is 10.1 Å². The van der Waals surface area contributed by atoms with Crippen LogP contribution >= 0.6 is 0 Å². The lowest BCUT2D eigenvalue weighted by atomic mass is 9.80. The highest BCUT2D eigenvalue weighted by Crippen LogP contribution is 2.30. The first kappa shape index (κ1) is 29.1. The number of hydrogen-bond donors (Lipinski definition) is 2. The molecular formula is C29H37N3O5S. The van der Waals surface area contributed by atoms with Crippen LogP contribution in [-0.2, 0) is 33.3 Å². The molecule has 8 nitrogen and oxygen atoms in total. The third-order valence-electron chi connectivity index (χ3n) is 6.51. The highest BCUT2D eigenvalue weighted by molar-refractivity contribution is 7.89. The Morgan fingerprint density at radius 1 is 1.03 bits per heavy atom. The summed E-state index contributed by atoms with van der Waals surface area (Å²) in [7, 11) is -2.36. The van der Waals surface area contributed by atoms with Gasteiger partial charge in [0, 0.05) is 6.54 Å². The zero-order valence-corrected chi connectivity index (χ0v) is 23.3. The van der Waals surface area contributed by atoms with Gasteiger partial charge in [0.2, 0.25) is 10.0 Å². The quantitative estimate of drug-likeness (QED) is 0.281. The molecule has 9 heteroatoms. The van der Waals surface area contributed by atoms with Gasteiger partial charge in [-0.3, -0.25) is 4.79 Å². The summed E-state index contributed by atoms with van der Waals surface area (Å²) in [5.41, 5.74) is 2.61. The average molecular weight is 540 g/mol. The molecule has 0 bridgehead atoms. The van der Waals surface area contributed by atoms with E-state index in [9.17, 15) is 13.2 Å². The number of anilines is 1. The van der Waals surface area contributed by atoms with Gasteiger partial charge in [-0.15, -0.1) is 0 Å². The van der Waals surface area contributed by atoms with Crippen LogP contribution in [0.1, 0.15) is 56.9 Å². The summed E-state index contributed by atoms with van der Waals surface area (Å²) >= 11 is 0. The van der Waals surface area contributed by atoms with Gasteiger partial charge in [-0.25, -0.2) is 13.4 Å². The van der Waals surface area contributed by atoms with Crippen molar-refractivity contribution >= 4 is 21.8 Å². The van der Waals surface area contributed by atoms with Crippen LogP contribution in [0.25, 0.3) is 0 Å². The number of unbranched alkanes of at least 4 members (excludes halogenated alkanes) is 1. The summed E-state index contributed by atoms with van der Waals surface area (Å²) in [6, 6.07) is 19.5. The van der Waals surface area contributed by atoms with E-state index in [0.29, 0.717) is 17.3 Å². The molecule has 0 saturated heterocycles. The average Bonchev–Trinajstić information content (AvgIpc) is 2.91. The highest BCUT2D eigenvalue weighted by atomic mass is 32.2. The smallest absolute Gasteiger partial charge is 0.322 e. The standard InChI is InChI=1S/C29H37N3O5S/c1-5-6-18-29(2,3)23-12-10-22(11-13-23)20-32(38(35,36)26-16-14-25(37-4)15-17-26)21-24-8-7-9-27(31-24)30-19-28(33)34/h7-17H,5-6,18-21H2,1-4H3,(H,30,31)(H,33,34). The van der Waals surface area contributed by atoms with Gasteiger partial charge in [-0.2, -0.15) is 4.31 Å². The summed E-state index contributed by atoms with van der Waals surface area (Å²) in [4.78, 5) is 15.5. The van der Waals surface area contributed by atoms with E-state index < -0.39 is 16.0 Å². The number of carboxylic acids is 1. The van der Waals surface area contributed by atoms with Crippen molar-refractivity contribution in [1.82, 2.24) is 9.29 Å². The molecule has 3 rings (SSSR count). The van der Waals surface area contributed by atoms with E-state index in [2.05, 4.69) is 43.2 Å². The molecule has 0 saturated carbocycles. The summed E-state index contributed by atoms with van der Waals surface area (Å²) in [5.74, 6) is -0.0803. The van der Waals surface area contributed by atoms with Crippen molar-refractivity contribution < 1.29 is 23.1 Å². The summed E-state index contributed by atoms with van der Waals surface area (Å²) < 4.78 is 34.1. The van der Waals surface area contributed by atoms with Crippen LogP contribution in [0, 0.1) is 0 Å². The monoisotopic (exact) mass is 539 g/mol. The Morgan fingerprint density at radius 3 is 2.32 bits per heavy atom. The van der Waals surface area contributed by atoms with Crippen molar-refractivity contribution in [2.24, 2.45) is 0 Å². The van der Waals surface area contributed by atoms with Crippen molar-refractivity contribution in [2.45, 2.75) is 63.4 Å². The molecule has 0 unspecified atom stereocenters. The second-order valence-electron chi connectivity index (χ2n) is 9.89.